The highest BCUT2D eigenvalue weighted by Gasteiger charge is 2.10. The molecule has 1 fully saturated rings. The Morgan fingerprint density at radius 1 is 1.21 bits per heavy atom. The molecule has 0 heterocycles. The third kappa shape index (κ3) is 4.03. The van der Waals surface area contributed by atoms with Crippen molar-refractivity contribution in [1.82, 2.24) is 4.90 Å². The zero-order valence-corrected chi connectivity index (χ0v) is 9.53. The van der Waals surface area contributed by atoms with E-state index < -0.39 is 0 Å². The Kier molecular flexibility index (Phi) is 4.85. The van der Waals surface area contributed by atoms with Gasteiger partial charge in [-0.3, -0.25) is 4.90 Å². The van der Waals surface area contributed by atoms with Crippen LogP contribution in [0, 0.1) is 0 Å². The van der Waals surface area contributed by atoms with Crippen molar-refractivity contribution in [2.24, 2.45) is 9.98 Å². The summed E-state index contributed by atoms with van der Waals surface area (Å²) in [5, 5.41) is 0. The molecule has 1 atom stereocenters. The summed E-state index contributed by atoms with van der Waals surface area (Å²) < 4.78 is 0. The minimum Gasteiger partial charge on any atom is -0.288 e. The van der Waals surface area contributed by atoms with Crippen molar-refractivity contribution in [2.75, 3.05) is 14.1 Å². The molecule has 3 heteroatoms. The average molecular weight is 195 g/mol. The van der Waals surface area contributed by atoms with E-state index in [-0.39, 0.29) is 6.17 Å². The van der Waals surface area contributed by atoms with Crippen molar-refractivity contribution in [2.45, 2.75) is 51.2 Å². The first kappa shape index (κ1) is 11.4. The summed E-state index contributed by atoms with van der Waals surface area (Å²) in [6.45, 7) is 2.05. The van der Waals surface area contributed by atoms with E-state index in [1.165, 1.54) is 32.1 Å². The summed E-state index contributed by atoms with van der Waals surface area (Å²) >= 11 is 0. The summed E-state index contributed by atoms with van der Waals surface area (Å²) in [7, 11) is 4.02. The first-order chi connectivity index (χ1) is 6.70. The quantitative estimate of drug-likeness (QED) is 0.635. The van der Waals surface area contributed by atoms with Gasteiger partial charge >= 0.3 is 0 Å². The Hall–Kier alpha value is -0.660. The highest BCUT2D eigenvalue weighted by molar-refractivity contribution is 5.41. The van der Waals surface area contributed by atoms with Crippen LogP contribution in [0.3, 0.4) is 0 Å². The van der Waals surface area contributed by atoms with Gasteiger partial charge in [0.2, 0.25) is 0 Å². The van der Waals surface area contributed by atoms with Crippen molar-refractivity contribution >= 4 is 6.01 Å². The molecule has 1 aliphatic carbocycles. The van der Waals surface area contributed by atoms with Crippen molar-refractivity contribution in [1.29, 1.82) is 0 Å². The summed E-state index contributed by atoms with van der Waals surface area (Å²) in [5.74, 6) is 0. The molecule has 0 spiro atoms. The predicted octanol–water partition coefficient (Wildman–Crippen LogP) is 2.40. The fourth-order valence-corrected chi connectivity index (χ4v) is 1.52. The summed E-state index contributed by atoms with van der Waals surface area (Å²) in [5.41, 5.74) is 0. The van der Waals surface area contributed by atoms with Crippen molar-refractivity contribution in [3.05, 3.63) is 0 Å². The third-order valence-electron chi connectivity index (χ3n) is 2.81. The number of hydrogen-bond acceptors (Lipinski definition) is 3. The van der Waals surface area contributed by atoms with E-state index in [0.717, 1.165) is 0 Å². The molecular formula is C11H21N3. The largest absolute Gasteiger partial charge is 0.288 e. The third-order valence-corrected chi connectivity index (χ3v) is 2.81. The normalized spacial score (nSPS) is 20.3. The molecule has 0 N–H and O–H groups in total. The van der Waals surface area contributed by atoms with Crippen LogP contribution in [0.2, 0.25) is 0 Å². The minimum absolute atomic E-state index is 0.183. The van der Waals surface area contributed by atoms with Gasteiger partial charge in [-0.25, -0.2) is 9.98 Å². The Morgan fingerprint density at radius 2 is 1.86 bits per heavy atom. The molecule has 80 valence electrons. The predicted molar refractivity (Wildman–Crippen MR) is 59.9 cm³/mol. The van der Waals surface area contributed by atoms with E-state index in [1.807, 2.05) is 25.9 Å². The lowest BCUT2D eigenvalue weighted by atomic mass is 9.96. The van der Waals surface area contributed by atoms with E-state index in [1.54, 1.807) is 0 Å². The Bertz CT molecular complexity index is 211. The van der Waals surface area contributed by atoms with Crippen molar-refractivity contribution in [3.63, 3.8) is 0 Å². The topological polar surface area (TPSA) is 28.0 Å². The molecule has 1 rings (SSSR count). The highest BCUT2D eigenvalue weighted by atomic mass is 15.2. The Balaban J connectivity index is 2.37. The first-order valence-corrected chi connectivity index (χ1v) is 5.51. The van der Waals surface area contributed by atoms with Crippen LogP contribution in [0.25, 0.3) is 0 Å². The molecule has 0 bridgehead atoms. The van der Waals surface area contributed by atoms with Crippen LogP contribution in [-0.4, -0.2) is 37.2 Å². The van der Waals surface area contributed by atoms with Crippen LogP contribution in [0.1, 0.15) is 39.0 Å². The standard InChI is InChI=1S/C11H21N3/c1-10(14(2)3)12-9-13-11-7-5-4-6-8-11/h10-11H,4-8H2,1-3H3. The number of aliphatic imine (C=N–C) groups is 2. The summed E-state index contributed by atoms with van der Waals surface area (Å²) in [6, 6.07) is 3.33. The molecule has 0 aliphatic heterocycles. The smallest absolute Gasteiger partial charge is 0.110 e. The SMILES string of the molecule is CC(N=C=NC1CCCCC1)N(C)C. The lowest BCUT2D eigenvalue weighted by molar-refractivity contribution is 0.325. The van der Waals surface area contributed by atoms with Gasteiger partial charge in [-0.1, -0.05) is 19.3 Å². The van der Waals surface area contributed by atoms with E-state index in [9.17, 15) is 0 Å². The van der Waals surface area contributed by atoms with Crippen LogP contribution in [0.5, 0.6) is 0 Å². The fourth-order valence-electron chi connectivity index (χ4n) is 1.52. The van der Waals surface area contributed by atoms with Gasteiger partial charge in [0, 0.05) is 0 Å². The van der Waals surface area contributed by atoms with E-state index in [4.69, 9.17) is 0 Å². The molecule has 0 amide bonds. The zero-order chi connectivity index (χ0) is 10.4. The van der Waals surface area contributed by atoms with Gasteiger partial charge in [0.15, 0.2) is 0 Å². The highest BCUT2D eigenvalue weighted by Crippen LogP contribution is 2.19. The van der Waals surface area contributed by atoms with Crippen LogP contribution in [0.4, 0.5) is 0 Å². The number of nitrogens with zero attached hydrogens (tertiary/aromatic N) is 3. The fraction of sp³-hybridized carbons (Fsp3) is 0.909. The molecule has 14 heavy (non-hydrogen) atoms. The van der Waals surface area contributed by atoms with E-state index in [2.05, 4.69) is 16.0 Å². The maximum absolute atomic E-state index is 4.36. The Labute approximate surface area is 86.9 Å². The number of rotatable bonds is 3. The second kappa shape index (κ2) is 5.94. The molecule has 0 aromatic rings. The van der Waals surface area contributed by atoms with Gasteiger partial charge in [0.05, 0.1) is 12.1 Å². The van der Waals surface area contributed by atoms with Gasteiger partial charge in [-0.2, -0.15) is 0 Å². The molecule has 1 aliphatic rings. The van der Waals surface area contributed by atoms with Crippen LogP contribution in [-0.2, 0) is 0 Å². The van der Waals surface area contributed by atoms with Gasteiger partial charge < -0.3 is 0 Å². The molecule has 1 saturated carbocycles. The minimum atomic E-state index is 0.183. The zero-order valence-electron chi connectivity index (χ0n) is 9.53. The second-order valence-electron chi connectivity index (χ2n) is 4.25. The van der Waals surface area contributed by atoms with E-state index >= 15 is 0 Å². The molecule has 0 radical (unpaired) electrons. The lowest BCUT2D eigenvalue weighted by Crippen LogP contribution is -2.22. The monoisotopic (exact) mass is 195 g/mol. The second-order valence-corrected chi connectivity index (χ2v) is 4.25. The van der Waals surface area contributed by atoms with Gasteiger partial charge in [-0.05, 0) is 33.9 Å². The summed E-state index contributed by atoms with van der Waals surface area (Å²) in [6.07, 6.45) is 6.63. The van der Waals surface area contributed by atoms with Crippen molar-refractivity contribution < 1.29 is 0 Å². The molecule has 3 nitrogen and oxygen atoms in total. The molecular weight excluding hydrogens is 174 g/mol. The molecule has 0 saturated heterocycles. The maximum atomic E-state index is 4.36. The lowest BCUT2D eigenvalue weighted by Gasteiger charge is -2.16. The molecule has 0 aromatic carbocycles. The number of hydrogen-bond donors (Lipinski definition) is 0. The van der Waals surface area contributed by atoms with Crippen LogP contribution < -0.4 is 0 Å². The maximum Gasteiger partial charge on any atom is 0.110 e. The molecule has 0 aromatic heterocycles. The van der Waals surface area contributed by atoms with Gasteiger partial charge in [0.1, 0.15) is 6.17 Å². The van der Waals surface area contributed by atoms with Crippen LogP contribution >= 0.6 is 0 Å². The Morgan fingerprint density at radius 3 is 2.43 bits per heavy atom. The van der Waals surface area contributed by atoms with Gasteiger partial charge in [-0.15, -0.1) is 0 Å². The first-order valence-electron chi connectivity index (χ1n) is 5.51. The van der Waals surface area contributed by atoms with Crippen LogP contribution in [0.15, 0.2) is 9.98 Å². The molecule has 1 unspecified atom stereocenters. The van der Waals surface area contributed by atoms with Gasteiger partial charge in [0.25, 0.3) is 0 Å². The van der Waals surface area contributed by atoms with Crippen molar-refractivity contribution in [3.8, 4) is 0 Å². The van der Waals surface area contributed by atoms with E-state index in [0.29, 0.717) is 6.04 Å². The summed E-state index contributed by atoms with van der Waals surface area (Å²) in [4.78, 5) is 10.6. The average Bonchev–Trinajstić information content (AvgIpc) is 2.19.